The molecule has 0 radical (unpaired) electrons. The van der Waals surface area contributed by atoms with Gasteiger partial charge in [-0.3, -0.25) is 9.59 Å². The predicted octanol–water partition coefficient (Wildman–Crippen LogP) is 4.47. The topological polar surface area (TPSA) is 103 Å². The molecule has 0 aliphatic rings. The molecule has 0 unspecified atom stereocenters. The van der Waals surface area contributed by atoms with E-state index >= 15 is 0 Å². The minimum atomic E-state index is -0.521. The Morgan fingerprint density at radius 1 is 0.794 bits per heavy atom. The summed E-state index contributed by atoms with van der Waals surface area (Å²) in [5.41, 5.74) is 1.56. The van der Waals surface area contributed by atoms with E-state index in [0.717, 1.165) is 4.90 Å². The van der Waals surface area contributed by atoms with Gasteiger partial charge in [0.15, 0.2) is 0 Å². The molecule has 34 heavy (non-hydrogen) atoms. The monoisotopic (exact) mass is 480 g/mol. The number of amides is 2. The number of nitrogens with one attached hydrogen (secondary N) is 2. The Bertz CT molecular complexity index is 1160. The van der Waals surface area contributed by atoms with Gasteiger partial charge in [0, 0.05) is 10.6 Å². The van der Waals surface area contributed by atoms with Crippen molar-refractivity contribution in [2.45, 2.75) is 4.90 Å². The normalized spacial score (nSPS) is 10.2. The van der Waals surface area contributed by atoms with Crippen molar-refractivity contribution in [2.75, 3.05) is 37.7 Å². The van der Waals surface area contributed by atoms with Gasteiger partial charge in [0.2, 0.25) is 5.91 Å². The molecule has 0 spiro atoms. The third-order valence-electron chi connectivity index (χ3n) is 4.74. The Morgan fingerprint density at radius 3 is 2.06 bits per heavy atom. The number of ether oxygens (including phenoxy) is 3. The first-order valence-electron chi connectivity index (χ1n) is 10.2. The summed E-state index contributed by atoms with van der Waals surface area (Å²) >= 11 is 1.32. The molecule has 2 amide bonds. The highest BCUT2D eigenvalue weighted by Gasteiger charge is 2.18. The number of thioether (sulfide) groups is 1. The molecule has 176 valence electrons. The Morgan fingerprint density at radius 2 is 1.44 bits per heavy atom. The van der Waals surface area contributed by atoms with E-state index in [4.69, 9.17) is 14.2 Å². The number of hydrogen-bond acceptors (Lipinski definition) is 7. The number of rotatable bonds is 9. The molecule has 0 aromatic heterocycles. The maximum Gasteiger partial charge on any atom is 0.339 e. The van der Waals surface area contributed by atoms with Crippen LogP contribution in [0.25, 0.3) is 0 Å². The number of anilines is 2. The van der Waals surface area contributed by atoms with E-state index in [1.54, 1.807) is 66.7 Å². The van der Waals surface area contributed by atoms with Crippen LogP contribution in [0, 0.1) is 0 Å². The molecule has 0 aliphatic heterocycles. The molecule has 0 aliphatic carbocycles. The van der Waals surface area contributed by atoms with Gasteiger partial charge in [-0.2, -0.15) is 0 Å². The first kappa shape index (κ1) is 24.7. The molecule has 0 atom stereocenters. The summed E-state index contributed by atoms with van der Waals surface area (Å²) in [5.74, 6) is -0.195. The Balaban J connectivity index is 1.59. The minimum Gasteiger partial charge on any atom is -0.496 e. The number of carbonyl (C=O) groups excluding carboxylic acids is 3. The van der Waals surface area contributed by atoms with Gasteiger partial charge in [0.1, 0.15) is 17.1 Å². The molecule has 2 N–H and O–H groups in total. The van der Waals surface area contributed by atoms with E-state index in [1.165, 1.54) is 33.1 Å². The van der Waals surface area contributed by atoms with Crippen molar-refractivity contribution in [2.24, 2.45) is 0 Å². The Kier molecular flexibility index (Phi) is 8.53. The van der Waals surface area contributed by atoms with Crippen LogP contribution >= 0.6 is 11.8 Å². The maximum atomic E-state index is 12.8. The molecular formula is C25H24N2O6S. The molecule has 0 bridgehead atoms. The number of hydrogen-bond donors (Lipinski definition) is 2. The smallest absolute Gasteiger partial charge is 0.339 e. The summed E-state index contributed by atoms with van der Waals surface area (Å²) in [7, 11) is 4.26. The molecule has 8 nitrogen and oxygen atoms in total. The van der Waals surface area contributed by atoms with Crippen LogP contribution in [0.5, 0.6) is 11.5 Å². The average Bonchev–Trinajstić information content (AvgIpc) is 2.87. The van der Waals surface area contributed by atoms with Gasteiger partial charge in [0.25, 0.3) is 5.91 Å². The highest BCUT2D eigenvalue weighted by Crippen LogP contribution is 2.29. The van der Waals surface area contributed by atoms with Gasteiger partial charge >= 0.3 is 5.97 Å². The largest absolute Gasteiger partial charge is 0.496 e. The average molecular weight is 481 g/mol. The van der Waals surface area contributed by atoms with Crippen LogP contribution < -0.4 is 20.1 Å². The van der Waals surface area contributed by atoms with Crippen LogP contribution in [0.2, 0.25) is 0 Å². The number of carbonyl (C=O) groups is 3. The summed E-state index contributed by atoms with van der Waals surface area (Å²) in [6.45, 7) is 0. The lowest BCUT2D eigenvalue weighted by atomic mass is 10.1. The lowest BCUT2D eigenvalue weighted by molar-refractivity contribution is -0.113. The molecule has 9 heteroatoms. The minimum absolute atomic E-state index is 0.139. The number of benzene rings is 3. The van der Waals surface area contributed by atoms with Gasteiger partial charge in [-0.15, -0.1) is 11.8 Å². The first-order chi connectivity index (χ1) is 16.5. The summed E-state index contributed by atoms with van der Waals surface area (Å²) in [4.78, 5) is 37.8. The van der Waals surface area contributed by atoms with Crippen molar-refractivity contribution >= 4 is 40.9 Å². The molecule has 0 fully saturated rings. The quantitative estimate of drug-likeness (QED) is 0.344. The van der Waals surface area contributed by atoms with E-state index in [2.05, 4.69) is 10.6 Å². The molecule has 3 rings (SSSR count). The predicted molar refractivity (Wildman–Crippen MR) is 131 cm³/mol. The summed E-state index contributed by atoms with van der Waals surface area (Å²) < 4.78 is 15.3. The maximum absolute atomic E-state index is 12.8. The molecule has 0 saturated carbocycles. The molecular weight excluding hydrogens is 456 g/mol. The van der Waals surface area contributed by atoms with Crippen molar-refractivity contribution in [3.8, 4) is 11.5 Å². The van der Waals surface area contributed by atoms with Crippen molar-refractivity contribution in [1.82, 2.24) is 0 Å². The van der Waals surface area contributed by atoms with E-state index in [1.807, 2.05) is 0 Å². The standard InChI is InChI=1S/C25H24N2O6S/c1-31-20-9-6-10-21(32-2)23(20)24(29)26-16-11-13-17(14-12-16)34-15-22(28)27-19-8-5-4-7-18(19)25(30)33-3/h4-14H,15H2,1-3H3,(H,26,29)(H,27,28). The number of para-hydroxylation sites is 1. The summed E-state index contributed by atoms with van der Waals surface area (Å²) in [5, 5.41) is 5.56. The van der Waals surface area contributed by atoms with Crippen molar-refractivity contribution in [3.05, 3.63) is 77.9 Å². The van der Waals surface area contributed by atoms with Crippen LogP contribution in [0.15, 0.2) is 71.6 Å². The highest BCUT2D eigenvalue weighted by atomic mass is 32.2. The first-order valence-corrected chi connectivity index (χ1v) is 11.2. The van der Waals surface area contributed by atoms with Crippen molar-refractivity contribution in [1.29, 1.82) is 0 Å². The van der Waals surface area contributed by atoms with Gasteiger partial charge in [0.05, 0.1) is 38.3 Å². The fourth-order valence-electron chi connectivity index (χ4n) is 3.12. The Hall–Kier alpha value is -3.98. The van der Waals surface area contributed by atoms with Crippen molar-refractivity contribution in [3.63, 3.8) is 0 Å². The van der Waals surface area contributed by atoms with Crippen LogP contribution in [-0.4, -0.2) is 44.9 Å². The lowest BCUT2D eigenvalue weighted by Crippen LogP contribution is -2.17. The zero-order chi connectivity index (χ0) is 24.5. The van der Waals surface area contributed by atoms with Crippen LogP contribution in [0.4, 0.5) is 11.4 Å². The van der Waals surface area contributed by atoms with E-state index in [-0.39, 0.29) is 23.1 Å². The van der Waals surface area contributed by atoms with E-state index in [9.17, 15) is 14.4 Å². The van der Waals surface area contributed by atoms with E-state index < -0.39 is 5.97 Å². The molecule has 3 aromatic rings. The summed E-state index contributed by atoms with van der Waals surface area (Å²) in [6, 6.07) is 18.8. The van der Waals surface area contributed by atoms with Gasteiger partial charge in [-0.1, -0.05) is 18.2 Å². The van der Waals surface area contributed by atoms with Crippen LogP contribution in [0.3, 0.4) is 0 Å². The third-order valence-corrected chi connectivity index (χ3v) is 5.76. The van der Waals surface area contributed by atoms with E-state index in [0.29, 0.717) is 28.4 Å². The van der Waals surface area contributed by atoms with Gasteiger partial charge < -0.3 is 24.8 Å². The zero-order valence-corrected chi connectivity index (χ0v) is 19.7. The molecule has 0 heterocycles. The third kappa shape index (κ3) is 6.08. The lowest BCUT2D eigenvalue weighted by Gasteiger charge is -2.13. The highest BCUT2D eigenvalue weighted by molar-refractivity contribution is 8.00. The second kappa shape index (κ2) is 11.8. The zero-order valence-electron chi connectivity index (χ0n) is 18.9. The van der Waals surface area contributed by atoms with Crippen LogP contribution in [-0.2, 0) is 9.53 Å². The molecule has 3 aromatic carbocycles. The summed E-state index contributed by atoms with van der Waals surface area (Å²) in [6.07, 6.45) is 0. The fourth-order valence-corrected chi connectivity index (χ4v) is 3.82. The Labute approximate surface area is 201 Å². The number of esters is 1. The fraction of sp³-hybridized carbons (Fsp3) is 0.160. The second-order valence-electron chi connectivity index (χ2n) is 6.89. The second-order valence-corrected chi connectivity index (χ2v) is 7.94. The van der Waals surface area contributed by atoms with Crippen molar-refractivity contribution < 1.29 is 28.6 Å². The molecule has 0 saturated heterocycles. The number of methoxy groups -OCH3 is 3. The van der Waals surface area contributed by atoms with Gasteiger partial charge in [-0.25, -0.2) is 4.79 Å². The van der Waals surface area contributed by atoms with Gasteiger partial charge in [-0.05, 0) is 48.5 Å². The van der Waals surface area contributed by atoms with Crippen LogP contribution in [0.1, 0.15) is 20.7 Å². The SMILES string of the molecule is COC(=O)c1ccccc1NC(=O)CSc1ccc(NC(=O)c2c(OC)cccc2OC)cc1.